The second-order valence-corrected chi connectivity index (χ2v) is 4.80. The molecule has 98 valence electrons. The van der Waals surface area contributed by atoms with Gasteiger partial charge in [0, 0.05) is 12.2 Å². The molecule has 0 atom stereocenters. The van der Waals surface area contributed by atoms with Gasteiger partial charge in [-0.05, 0) is 42.0 Å². The van der Waals surface area contributed by atoms with E-state index in [1.807, 2.05) is 6.07 Å². The third-order valence-corrected chi connectivity index (χ3v) is 3.35. The van der Waals surface area contributed by atoms with Gasteiger partial charge in [-0.1, -0.05) is 29.3 Å². The van der Waals surface area contributed by atoms with Gasteiger partial charge in [0.25, 0.3) is 0 Å². The number of rotatable bonds is 4. The first-order chi connectivity index (χ1) is 9.06. The molecule has 2 rings (SSSR count). The highest BCUT2D eigenvalue weighted by Gasteiger charge is 2.02. The standard InChI is InChI=1S/C14H11Cl2NO2/c15-12-6-1-9(7-13(12)16)8-17-11-4-2-10(3-5-11)14(18)19/h1-7,17H,8H2,(H,18,19). The molecule has 2 aromatic carbocycles. The molecule has 0 bridgehead atoms. The summed E-state index contributed by atoms with van der Waals surface area (Å²) in [4.78, 5) is 10.7. The van der Waals surface area contributed by atoms with Crippen LogP contribution in [0, 0.1) is 0 Å². The fourth-order valence-electron chi connectivity index (χ4n) is 1.58. The third kappa shape index (κ3) is 3.63. The molecule has 2 aromatic rings. The Morgan fingerprint density at radius 2 is 1.74 bits per heavy atom. The van der Waals surface area contributed by atoms with E-state index in [2.05, 4.69) is 5.32 Å². The van der Waals surface area contributed by atoms with Crippen LogP contribution in [0.4, 0.5) is 5.69 Å². The molecule has 3 nitrogen and oxygen atoms in total. The van der Waals surface area contributed by atoms with Gasteiger partial charge in [0.1, 0.15) is 0 Å². The van der Waals surface area contributed by atoms with Crippen LogP contribution in [0.3, 0.4) is 0 Å². The average molecular weight is 296 g/mol. The molecular weight excluding hydrogens is 285 g/mol. The SMILES string of the molecule is O=C(O)c1ccc(NCc2ccc(Cl)c(Cl)c2)cc1. The fourth-order valence-corrected chi connectivity index (χ4v) is 1.91. The minimum absolute atomic E-state index is 0.264. The highest BCUT2D eigenvalue weighted by molar-refractivity contribution is 6.42. The summed E-state index contributed by atoms with van der Waals surface area (Å²) in [7, 11) is 0. The molecule has 0 radical (unpaired) electrons. The lowest BCUT2D eigenvalue weighted by Gasteiger charge is -2.07. The molecule has 0 saturated carbocycles. The number of carboxylic acids is 1. The summed E-state index contributed by atoms with van der Waals surface area (Å²) < 4.78 is 0. The molecular formula is C14H11Cl2NO2. The number of nitrogens with one attached hydrogen (secondary N) is 1. The summed E-state index contributed by atoms with van der Waals surface area (Å²) in [5, 5.41) is 13.0. The molecule has 5 heteroatoms. The van der Waals surface area contributed by atoms with Gasteiger partial charge in [0.15, 0.2) is 0 Å². The van der Waals surface area contributed by atoms with Crippen molar-refractivity contribution in [3.63, 3.8) is 0 Å². The molecule has 0 heterocycles. The summed E-state index contributed by atoms with van der Waals surface area (Å²) >= 11 is 11.8. The molecule has 19 heavy (non-hydrogen) atoms. The number of anilines is 1. The molecule has 0 unspecified atom stereocenters. The molecule has 0 spiro atoms. The Morgan fingerprint density at radius 1 is 1.05 bits per heavy atom. The van der Waals surface area contributed by atoms with E-state index in [4.69, 9.17) is 28.3 Å². The van der Waals surface area contributed by atoms with E-state index in [-0.39, 0.29) is 5.56 Å². The molecule has 0 aliphatic carbocycles. The first kappa shape index (κ1) is 13.7. The Labute approximate surface area is 120 Å². The van der Waals surface area contributed by atoms with Crippen LogP contribution >= 0.6 is 23.2 Å². The number of carbonyl (C=O) groups is 1. The molecule has 0 aromatic heterocycles. The monoisotopic (exact) mass is 295 g/mol. The fraction of sp³-hybridized carbons (Fsp3) is 0.0714. The normalized spacial score (nSPS) is 10.2. The van der Waals surface area contributed by atoms with Crippen molar-refractivity contribution >= 4 is 34.9 Å². The zero-order valence-corrected chi connectivity index (χ0v) is 11.4. The molecule has 0 saturated heterocycles. The molecule has 0 aliphatic heterocycles. The van der Waals surface area contributed by atoms with Crippen LogP contribution < -0.4 is 5.32 Å². The van der Waals surface area contributed by atoms with E-state index in [0.29, 0.717) is 16.6 Å². The smallest absolute Gasteiger partial charge is 0.335 e. The van der Waals surface area contributed by atoms with Crippen LogP contribution in [0.5, 0.6) is 0 Å². The highest BCUT2D eigenvalue weighted by Crippen LogP contribution is 2.23. The van der Waals surface area contributed by atoms with Crippen molar-refractivity contribution in [2.24, 2.45) is 0 Å². The second-order valence-electron chi connectivity index (χ2n) is 3.98. The van der Waals surface area contributed by atoms with Crippen molar-refractivity contribution in [1.82, 2.24) is 0 Å². The van der Waals surface area contributed by atoms with Crippen LogP contribution in [0.15, 0.2) is 42.5 Å². The summed E-state index contributed by atoms with van der Waals surface area (Å²) in [6.45, 7) is 0.587. The maximum absolute atomic E-state index is 10.7. The van der Waals surface area contributed by atoms with Crippen molar-refractivity contribution in [2.75, 3.05) is 5.32 Å². The number of carboxylic acid groups (broad SMARTS) is 1. The zero-order chi connectivity index (χ0) is 13.8. The van der Waals surface area contributed by atoms with Crippen molar-refractivity contribution in [1.29, 1.82) is 0 Å². The largest absolute Gasteiger partial charge is 0.478 e. The van der Waals surface area contributed by atoms with Crippen molar-refractivity contribution in [2.45, 2.75) is 6.54 Å². The summed E-state index contributed by atoms with van der Waals surface area (Å²) in [6.07, 6.45) is 0. The topological polar surface area (TPSA) is 49.3 Å². The van der Waals surface area contributed by atoms with Gasteiger partial charge in [-0.15, -0.1) is 0 Å². The minimum Gasteiger partial charge on any atom is -0.478 e. The van der Waals surface area contributed by atoms with E-state index >= 15 is 0 Å². The van der Waals surface area contributed by atoms with Crippen molar-refractivity contribution in [3.8, 4) is 0 Å². The predicted octanol–water partition coefficient (Wildman–Crippen LogP) is 4.30. The number of halogens is 2. The first-order valence-electron chi connectivity index (χ1n) is 5.57. The summed E-state index contributed by atoms with van der Waals surface area (Å²) in [5.74, 6) is -0.934. The Kier molecular flexibility index (Phi) is 4.30. The van der Waals surface area contributed by atoms with E-state index in [9.17, 15) is 4.79 Å². The highest BCUT2D eigenvalue weighted by atomic mass is 35.5. The maximum atomic E-state index is 10.7. The third-order valence-electron chi connectivity index (χ3n) is 2.61. The van der Waals surface area contributed by atoms with Gasteiger partial charge in [-0.3, -0.25) is 0 Å². The molecule has 0 amide bonds. The Hall–Kier alpha value is -1.71. The number of hydrogen-bond acceptors (Lipinski definition) is 2. The van der Waals surface area contributed by atoms with Gasteiger partial charge in [0.2, 0.25) is 0 Å². The van der Waals surface area contributed by atoms with Crippen molar-refractivity contribution in [3.05, 3.63) is 63.6 Å². The van der Waals surface area contributed by atoms with Crippen LogP contribution in [0.25, 0.3) is 0 Å². The second kappa shape index (κ2) is 5.95. The lowest BCUT2D eigenvalue weighted by Crippen LogP contribution is -2.00. The Balaban J connectivity index is 2.01. The zero-order valence-electron chi connectivity index (χ0n) is 9.86. The molecule has 2 N–H and O–H groups in total. The van der Waals surface area contributed by atoms with Gasteiger partial charge < -0.3 is 10.4 Å². The Bertz CT molecular complexity index is 597. The van der Waals surface area contributed by atoms with Crippen LogP contribution in [0.2, 0.25) is 10.0 Å². The van der Waals surface area contributed by atoms with Gasteiger partial charge in [-0.2, -0.15) is 0 Å². The van der Waals surface area contributed by atoms with E-state index in [0.717, 1.165) is 11.3 Å². The maximum Gasteiger partial charge on any atom is 0.335 e. The Morgan fingerprint density at radius 3 is 2.32 bits per heavy atom. The number of hydrogen-bond donors (Lipinski definition) is 2. The molecule has 0 aliphatic rings. The summed E-state index contributed by atoms with van der Waals surface area (Å²) in [5.41, 5.74) is 2.10. The number of benzene rings is 2. The van der Waals surface area contributed by atoms with E-state index in [1.54, 1.807) is 36.4 Å². The van der Waals surface area contributed by atoms with Gasteiger partial charge >= 0.3 is 5.97 Å². The lowest BCUT2D eigenvalue weighted by atomic mass is 10.2. The van der Waals surface area contributed by atoms with Crippen LogP contribution in [0.1, 0.15) is 15.9 Å². The number of aromatic carboxylic acids is 1. The van der Waals surface area contributed by atoms with Gasteiger partial charge in [-0.25, -0.2) is 4.79 Å². The minimum atomic E-state index is -0.934. The summed E-state index contributed by atoms with van der Waals surface area (Å²) in [6, 6.07) is 12.0. The van der Waals surface area contributed by atoms with E-state index < -0.39 is 5.97 Å². The average Bonchev–Trinajstić information content (AvgIpc) is 2.40. The lowest BCUT2D eigenvalue weighted by molar-refractivity contribution is 0.0697. The van der Waals surface area contributed by atoms with E-state index in [1.165, 1.54) is 0 Å². The van der Waals surface area contributed by atoms with Crippen molar-refractivity contribution < 1.29 is 9.90 Å². The quantitative estimate of drug-likeness (QED) is 0.884. The van der Waals surface area contributed by atoms with Crippen LogP contribution in [-0.2, 0) is 6.54 Å². The van der Waals surface area contributed by atoms with Crippen LogP contribution in [-0.4, -0.2) is 11.1 Å². The van der Waals surface area contributed by atoms with Gasteiger partial charge in [0.05, 0.1) is 15.6 Å². The molecule has 0 fully saturated rings. The predicted molar refractivity (Wildman–Crippen MR) is 77.2 cm³/mol. The first-order valence-corrected chi connectivity index (χ1v) is 6.33.